The second-order valence-electron chi connectivity index (χ2n) is 6.08. The lowest BCUT2D eigenvalue weighted by Crippen LogP contribution is -2.28. The number of anilines is 1. The van der Waals surface area contributed by atoms with Gasteiger partial charge >= 0.3 is 13.4 Å². The molecule has 0 saturated carbocycles. The van der Waals surface area contributed by atoms with E-state index >= 15 is 0 Å². The van der Waals surface area contributed by atoms with Gasteiger partial charge in [0.15, 0.2) is 12.5 Å². The van der Waals surface area contributed by atoms with E-state index in [1.54, 1.807) is 0 Å². The molecule has 2 unspecified atom stereocenters. The molecule has 1 aromatic heterocycles. The summed E-state index contributed by atoms with van der Waals surface area (Å²) in [7, 11) is -3.58. The summed E-state index contributed by atoms with van der Waals surface area (Å²) < 4.78 is 35.4. The Balaban J connectivity index is 1.68. The smallest absolute Gasteiger partial charge is 0.391 e. The van der Waals surface area contributed by atoms with E-state index in [0.717, 1.165) is 32.1 Å². The molecular weight excluding hydrogens is 365 g/mol. The quantitative estimate of drug-likeness (QED) is 0.740. The summed E-state index contributed by atoms with van der Waals surface area (Å²) in [5.41, 5.74) is -0.602. The van der Waals surface area contributed by atoms with Crippen molar-refractivity contribution in [3.8, 4) is 0 Å². The van der Waals surface area contributed by atoms with Crippen LogP contribution in [0.25, 0.3) is 0 Å². The van der Waals surface area contributed by atoms with Crippen molar-refractivity contribution in [3.05, 3.63) is 22.7 Å². The molecule has 1 aromatic rings. The molecule has 11 heteroatoms. The van der Waals surface area contributed by atoms with Gasteiger partial charge in [0.05, 0.1) is 26.4 Å². The Hall–Kier alpha value is -1.29. The molecule has 3 heterocycles. The third-order valence-corrected chi connectivity index (χ3v) is 5.63. The molecule has 0 aromatic carbocycles. The first-order chi connectivity index (χ1) is 12.6. The van der Waals surface area contributed by atoms with Gasteiger partial charge in [-0.1, -0.05) is 19.3 Å². The van der Waals surface area contributed by atoms with Gasteiger partial charge in [0.2, 0.25) is 0 Å². The van der Waals surface area contributed by atoms with Crippen molar-refractivity contribution in [1.29, 1.82) is 0 Å². The topological polar surface area (TPSA) is 121 Å². The number of nitrogens with zero attached hydrogens (tertiary/aromatic N) is 2. The number of aliphatic hydroxyl groups excluding tert-OH is 1. The van der Waals surface area contributed by atoms with Crippen LogP contribution in [0.1, 0.15) is 38.3 Å². The standard InChI is InChI=1S/C15H24N3O7P/c19-10-14-22-11-13(25-14)18-7-6-12(16-15(18)20)17-26(21)23-8-4-2-1-3-5-9-24-26/h6-7,13-14,19H,1-5,8-11H2,(H,16,17,20,21). The third-order valence-electron chi connectivity index (χ3n) is 4.09. The number of ether oxygens (including phenoxy) is 2. The Kier molecular flexibility index (Phi) is 6.80. The minimum Gasteiger partial charge on any atom is -0.391 e. The predicted molar refractivity (Wildman–Crippen MR) is 91.7 cm³/mol. The molecule has 0 aliphatic carbocycles. The highest BCUT2D eigenvalue weighted by Crippen LogP contribution is 2.48. The Morgan fingerprint density at radius 2 is 1.92 bits per heavy atom. The summed E-state index contributed by atoms with van der Waals surface area (Å²) in [4.78, 5) is 16.1. The van der Waals surface area contributed by atoms with Gasteiger partial charge in [-0.3, -0.25) is 18.7 Å². The highest BCUT2D eigenvalue weighted by atomic mass is 31.2. The number of aromatic nitrogens is 2. The molecule has 0 bridgehead atoms. The van der Waals surface area contributed by atoms with Crippen molar-refractivity contribution >= 4 is 13.6 Å². The van der Waals surface area contributed by atoms with Gasteiger partial charge in [-0.2, -0.15) is 4.98 Å². The van der Waals surface area contributed by atoms with Gasteiger partial charge in [0.1, 0.15) is 5.82 Å². The van der Waals surface area contributed by atoms with E-state index in [2.05, 4.69) is 10.1 Å². The summed E-state index contributed by atoms with van der Waals surface area (Å²) in [6, 6.07) is 1.49. The maximum absolute atomic E-state index is 12.8. The highest BCUT2D eigenvalue weighted by molar-refractivity contribution is 7.55. The van der Waals surface area contributed by atoms with Crippen LogP contribution in [0.2, 0.25) is 0 Å². The van der Waals surface area contributed by atoms with Crippen LogP contribution in [0.3, 0.4) is 0 Å². The van der Waals surface area contributed by atoms with Crippen molar-refractivity contribution in [2.24, 2.45) is 0 Å². The molecule has 2 saturated heterocycles. The molecule has 26 heavy (non-hydrogen) atoms. The molecule has 2 aliphatic heterocycles. The summed E-state index contributed by atoms with van der Waals surface area (Å²) in [5, 5.41) is 11.6. The van der Waals surface area contributed by atoms with Crippen molar-refractivity contribution in [2.45, 2.75) is 44.6 Å². The zero-order valence-corrected chi connectivity index (χ0v) is 15.3. The lowest BCUT2D eigenvalue weighted by Gasteiger charge is -2.21. The molecule has 0 spiro atoms. The Labute approximate surface area is 151 Å². The normalized spacial score (nSPS) is 27.1. The van der Waals surface area contributed by atoms with Crippen molar-refractivity contribution in [3.63, 3.8) is 0 Å². The van der Waals surface area contributed by atoms with Gasteiger partial charge in [-0.05, 0) is 18.9 Å². The average Bonchev–Trinajstić information content (AvgIpc) is 3.09. The van der Waals surface area contributed by atoms with Gasteiger partial charge in [0.25, 0.3) is 0 Å². The molecule has 2 N–H and O–H groups in total. The number of rotatable bonds is 4. The largest absolute Gasteiger partial charge is 0.433 e. The van der Waals surface area contributed by atoms with Crippen LogP contribution in [0, 0.1) is 0 Å². The lowest BCUT2D eigenvalue weighted by atomic mass is 10.1. The molecular formula is C15H24N3O7P. The average molecular weight is 389 g/mol. The van der Waals surface area contributed by atoms with Gasteiger partial charge in [0, 0.05) is 6.20 Å². The van der Waals surface area contributed by atoms with E-state index in [1.807, 2.05) is 0 Å². The molecule has 10 nitrogen and oxygen atoms in total. The number of nitrogens with one attached hydrogen (secondary N) is 1. The first-order valence-corrected chi connectivity index (χ1v) is 10.3. The minimum absolute atomic E-state index is 0.101. The Morgan fingerprint density at radius 3 is 2.54 bits per heavy atom. The summed E-state index contributed by atoms with van der Waals surface area (Å²) in [5.74, 6) is 0.101. The van der Waals surface area contributed by atoms with Gasteiger partial charge in [-0.15, -0.1) is 0 Å². The van der Waals surface area contributed by atoms with Crippen LogP contribution >= 0.6 is 7.75 Å². The van der Waals surface area contributed by atoms with E-state index in [1.165, 1.54) is 16.8 Å². The fourth-order valence-corrected chi connectivity index (χ4v) is 4.07. The molecule has 2 fully saturated rings. The van der Waals surface area contributed by atoms with Crippen LogP contribution in [-0.4, -0.2) is 47.4 Å². The fraction of sp³-hybridized carbons (Fsp3) is 0.733. The molecule has 0 amide bonds. The zero-order valence-electron chi connectivity index (χ0n) is 14.4. The second-order valence-corrected chi connectivity index (χ2v) is 7.82. The van der Waals surface area contributed by atoms with Crippen LogP contribution in [0.4, 0.5) is 5.82 Å². The van der Waals surface area contributed by atoms with Crippen molar-refractivity contribution in [2.75, 3.05) is 31.5 Å². The Morgan fingerprint density at radius 1 is 1.23 bits per heavy atom. The van der Waals surface area contributed by atoms with Crippen LogP contribution in [-0.2, 0) is 23.1 Å². The maximum Gasteiger partial charge on any atom is 0.433 e. The fourth-order valence-electron chi connectivity index (χ4n) is 2.73. The van der Waals surface area contributed by atoms with E-state index in [0.29, 0.717) is 13.2 Å². The molecule has 0 radical (unpaired) electrons. The molecule has 2 aliphatic rings. The SMILES string of the molecule is O=c1nc(NP2(=O)OCCCCCCCO2)ccn1C1COC(CO)O1. The number of aliphatic hydroxyl groups is 1. The van der Waals surface area contributed by atoms with Crippen LogP contribution in [0.5, 0.6) is 0 Å². The van der Waals surface area contributed by atoms with E-state index < -0.39 is 26.0 Å². The highest BCUT2D eigenvalue weighted by Gasteiger charge is 2.29. The maximum atomic E-state index is 12.8. The van der Waals surface area contributed by atoms with Gasteiger partial charge in [-0.25, -0.2) is 9.36 Å². The lowest BCUT2D eigenvalue weighted by molar-refractivity contribution is -0.0992. The number of hydrogen-bond acceptors (Lipinski definition) is 8. The van der Waals surface area contributed by atoms with Crippen molar-refractivity contribution in [1.82, 2.24) is 9.55 Å². The molecule has 2 atom stereocenters. The Bertz CT molecular complexity index is 684. The van der Waals surface area contributed by atoms with Crippen LogP contribution in [0.15, 0.2) is 17.1 Å². The molecule has 3 rings (SSSR count). The molecule has 146 valence electrons. The first-order valence-electron chi connectivity index (χ1n) is 8.74. The minimum atomic E-state index is -3.58. The van der Waals surface area contributed by atoms with Gasteiger partial charge < -0.3 is 14.6 Å². The summed E-state index contributed by atoms with van der Waals surface area (Å²) in [6.45, 7) is 0.467. The first kappa shape index (κ1) is 19.5. The number of hydrogen-bond donors (Lipinski definition) is 2. The zero-order chi connectivity index (χ0) is 18.4. The van der Waals surface area contributed by atoms with E-state index in [-0.39, 0.29) is 19.0 Å². The summed E-state index contributed by atoms with van der Waals surface area (Å²) in [6.07, 6.45) is 4.78. The third kappa shape index (κ3) is 5.12. The predicted octanol–water partition coefficient (Wildman–Crippen LogP) is 1.62. The van der Waals surface area contributed by atoms with Crippen molar-refractivity contribution < 1.29 is 28.2 Å². The van der Waals surface area contributed by atoms with Crippen LogP contribution < -0.4 is 10.8 Å². The monoisotopic (exact) mass is 389 g/mol. The van der Waals surface area contributed by atoms with E-state index in [4.69, 9.17) is 23.6 Å². The van der Waals surface area contributed by atoms with E-state index in [9.17, 15) is 9.36 Å². The second kappa shape index (κ2) is 9.07. The summed E-state index contributed by atoms with van der Waals surface area (Å²) >= 11 is 0.